The van der Waals surface area contributed by atoms with Crippen LogP contribution < -0.4 is 0 Å². The van der Waals surface area contributed by atoms with E-state index in [2.05, 4.69) is 50.3 Å². The van der Waals surface area contributed by atoms with Gasteiger partial charge in [-0.1, -0.05) is 12.2 Å². The fourth-order valence-corrected chi connectivity index (χ4v) is 7.89. The third kappa shape index (κ3) is 1.83. The van der Waals surface area contributed by atoms with Gasteiger partial charge in [0.2, 0.25) is 0 Å². The van der Waals surface area contributed by atoms with E-state index in [1.165, 1.54) is 38.0 Å². The Kier molecular flexibility index (Phi) is 3.07. The van der Waals surface area contributed by atoms with Crippen molar-refractivity contribution in [1.82, 2.24) is 0 Å². The van der Waals surface area contributed by atoms with Crippen LogP contribution in [0.5, 0.6) is 0 Å². The lowest BCUT2D eigenvalue weighted by atomic mass is 10.3. The second-order valence-corrected chi connectivity index (χ2v) is 9.29. The molecule has 100 valence electrons. The number of thiophene rings is 4. The highest BCUT2D eigenvalue weighted by molar-refractivity contribution is 7.49. The zero-order valence-corrected chi connectivity index (χ0v) is 14.4. The molecule has 0 amide bonds. The summed E-state index contributed by atoms with van der Waals surface area (Å²) < 4.78 is 5.87. The van der Waals surface area contributed by atoms with Crippen LogP contribution in [-0.2, 0) is 0 Å². The molecule has 0 N–H and O–H groups in total. The normalized spacial score (nSPS) is 13.1. The van der Waals surface area contributed by atoms with Crippen LogP contribution in [0.3, 0.4) is 0 Å². The molecule has 0 fully saturated rings. The lowest BCUT2D eigenvalue weighted by Crippen LogP contribution is -1.56. The van der Waals surface area contributed by atoms with Crippen molar-refractivity contribution in [2.24, 2.45) is 0 Å². The van der Waals surface area contributed by atoms with Crippen molar-refractivity contribution in [3.63, 3.8) is 0 Å². The van der Waals surface area contributed by atoms with Gasteiger partial charge in [-0.15, -0.1) is 45.3 Å². The van der Waals surface area contributed by atoms with Gasteiger partial charge in [0.25, 0.3) is 0 Å². The van der Waals surface area contributed by atoms with Crippen LogP contribution in [0.2, 0.25) is 0 Å². The van der Waals surface area contributed by atoms with E-state index in [4.69, 9.17) is 0 Å². The van der Waals surface area contributed by atoms with Crippen molar-refractivity contribution in [3.05, 3.63) is 34.0 Å². The number of fused-ring (bicyclic) bond motifs is 5. The van der Waals surface area contributed by atoms with Crippen LogP contribution in [-0.4, -0.2) is 0 Å². The zero-order chi connectivity index (χ0) is 13.7. The lowest BCUT2D eigenvalue weighted by Gasteiger charge is -1.82. The van der Waals surface area contributed by atoms with Gasteiger partial charge in [0, 0.05) is 20.5 Å². The summed E-state index contributed by atoms with van der Waals surface area (Å²) >= 11 is 7.72. The van der Waals surface area contributed by atoms with Gasteiger partial charge >= 0.3 is 0 Å². The molecule has 0 aliphatic carbocycles. The van der Waals surface area contributed by atoms with E-state index in [1.807, 2.05) is 45.3 Å². The first kappa shape index (κ1) is 12.8. The monoisotopic (exact) mass is 332 g/mol. The molecule has 4 heteroatoms. The molecule has 0 unspecified atom stereocenters. The number of allylic oxidation sites excluding steroid dienone is 2. The maximum atomic E-state index is 2.34. The summed E-state index contributed by atoms with van der Waals surface area (Å²) in [6, 6.07) is 4.68. The van der Waals surface area contributed by atoms with E-state index in [-0.39, 0.29) is 0 Å². The highest BCUT2D eigenvalue weighted by Gasteiger charge is 2.15. The van der Waals surface area contributed by atoms with Gasteiger partial charge in [-0.3, -0.25) is 0 Å². The van der Waals surface area contributed by atoms with Crippen LogP contribution in [0.4, 0.5) is 0 Å². The molecule has 0 spiro atoms. The molecule has 0 nitrogen and oxygen atoms in total. The van der Waals surface area contributed by atoms with Gasteiger partial charge in [0.1, 0.15) is 0 Å². The smallest absolute Gasteiger partial charge is 0.0892 e. The topological polar surface area (TPSA) is 0 Å². The minimum Gasteiger partial charge on any atom is -0.125 e. The van der Waals surface area contributed by atoms with Gasteiger partial charge in [-0.05, 0) is 38.1 Å². The molecule has 0 atom stereocenters. The van der Waals surface area contributed by atoms with Crippen molar-refractivity contribution < 1.29 is 0 Å². The SMILES string of the molecule is C/C=C/c1cc2c(s1)sc1c3cc(/C=C/C)sc3sc21. The molecule has 0 aliphatic heterocycles. The van der Waals surface area contributed by atoms with Crippen LogP contribution >= 0.6 is 45.3 Å². The van der Waals surface area contributed by atoms with E-state index in [1.54, 1.807) is 0 Å². The maximum absolute atomic E-state index is 2.34. The molecular formula is C16H12S4. The second kappa shape index (κ2) is 4.81. The summed E-state index contributed by atoms with van der Waals surface area (Å²) in [6.07, 6.45) is 8.62. The summed E-state index contributed by atoms with van der Waals surface area (Å²) in [5, 5.41) is 2.90. The van der Waals surface area contributed by atoms with Crippen LogP contribution in [0, 0.1) is 0 Å². The molecule has 20 heavy (non-hydrogen) atoms. The Labute approximate surface area is 133 Å². The number of hydrogen-bond donors (Lipinski definition) is 0. The van der Waals surface area contributed by atoms with E-state index in [0.29, 0.717) is 0 Å². The molecule has 0 saturated carbocycles. The third-order valence-corrected chi connectivity index (χ3v) is 8.17. The van der Waals surface area contributed by atoms with E-state index < -0.39 is 0 Å². The Morgan fingerprint density at radius 1 is 0.700 bits per heavy atom. The fraction of sp³-hybridized carbons (Fsp3) is 0.125. The quantitative estimate of drug-likeness (QED) is 0.357. The van der Waals surface area contributed by atoms with E-state index >= 15 is 0 Å². The lowest BCUT2D eigenvalue weighted by molar-refractivity contribution is 1.79. The number of rotatable bonds is 2. The standard InChI is InChI=1S/C16H12S4/c1-3-5-9-7-11-13-14(19-15(11)17-9)12-8-10(6-4-2)18-16(12)20-13/h3-8H,1-2H3/b5-3+,6-4+. The molecule has 4 aromatic heterocycles. The highest BCUT2D eigenvalue weighted by Crippen LogP contribution is 2.49. The molecule has 4 aromatic rings. The molecule has 4 rings (SSSR count). The Morgan fingerprint density at radius 3 is 1.55 bits per heavy atom. The molecule has 0 bridgehead atoms. The predicted octanol–water partition coefficient (Wildman–Crippen LogP) is 7.46. The van der Waals surface area contributed by atoms with E-state index in [0.717, 1.165) is 0 Å². The summed E-state index contributed by atoms with van der Waals surface area (Å²) in [6.45, 7) is 4.15. The first-order valence-electron chi connectivity index (χ1n) is 6.44. The van der Waals surface area contributed by atoms with Gasteiger partial charge in [-0.25, -0.2) is 0 Å². The average Bonchev–Trinajstić information content (AvgIpc) is 3.09. The van der Waals surface area contributed by atoms with Gasteiger partial charge in [0.15, 0.2) is 0 Å². The highest BCUT2D eigenvalue weighted by atomic mass is 32.2. The van der Waals surface area contributed by atoms with Crippen molar-refractivity contribution >= 4 is 85.7 Å². The fourth-order valence-electron chi connectivity index (χ4n) is 2.38. The molecule has 0 aliphatic rings. The predicted molar refractivity (Wildman–Crippen MR) is 99.9 cm³/mol. The van der Waals surface area contributed by atoms with Gasteiger partial charge < -0.3 is 0 Å². The molecule has 4 heterocycles. The first-order chi connectivity index (χ1) is 9.80. The van der Waals surface area contributed by atoms with Gasteiger partial charge in [0.05, 0.1) is 17.4 Å². The van der Waals surface area contributed by atoms with E-state index in [9.17, 15) is 0 Å². The zero-order valence-electron chi connectivity index (χ0n) is 11.1. The van der Waals surface area contributed by atoms with Crippen molar-refractivity contribution in [3.8, 4) is 0 Å². The van der Waals surface area contributed by atoms with Crippen LogP contribution in [0.25, 0.3) is 40.4 Å². The van der Waals surface area contributed by atoms with Crippen molar-refractivity contribution in [2.45, 2.75) is 13.8 Å². The molecular weight excluding hydrogens is 320 g/mol. The molecule has 0 radical (unpaired) electrons. The molecule has 0 saturated heterocycles. The van der Waals surface area contributed by atoms with Gasteiger partial charge in [-0.2, -0.15) is 0 Å². The molecule has 0 aromatic carbocycles. The maximum Gasteiger partial charge on any atom is 0.0892 e. The third-order valence-electron chi connectivity index (χ3n) is 3.18. The largest absolute Gasteiger partial charge is 0.125 e. The van der Waals surface area contributed by atoms with Crippen LogP contribution in [0.15, 0.2) is 24.3 Å². The second-order valence-electron chi connectivity index (χ2n) is 4.56. The Balaban J connectivity index is 2.00. The average molecular weight is 333 g/mol. The Morgan fingerprint density at radius 2 is 1.15 bits per heavy atom. The first-order valence-corrected chi connectivity index (χ1v) is 9.70. The summed E-state index contributed by atoms with van der Waals surface area (Å²) in [5.41, 5.74) is 0. The number of hydrogen-bond acceptors (Lipinski definition) is 4. The summed E-state index contributed by atoms with van der Waals surface area (Å²) in [7, 11) is 0. The van der Waals surface area contributed by atoms with Crippen molar-refractivity contribution in [2.75, 3.05) is 0 Å². The Bertz CT molecular complexity index is 888. The minimum absolute atomic E-state index is 1.36. The summed E-state index contributed by atoms with van der Waals surface area (Å²) in [5.74, 6) is 0. The Hall–Kier alpha value is -0.940. The van der Waals surface area contributed by atoms with Crippen molar-refractivity contribution in [1.29, 1.82) is 0 Å². The van der Waals surface area contributed by atoms with Crippen LogP contribution in [0.1, 0.15) is 23.6 Å². The summed E-state index contributed by atoms with van der Waals surface area (Å²) in [4.78, 5) is 2.73. The minimum atomic E-state index is 1.36.